The normalized spacial score (nSPS) is 10.9. The number of nitrogens with zero attached hydrogens (tertiary/aromatic N) is 1. The second-order valence-electron chi connectivity index (χ2n) is 7.08. The Morgan fingerprint density at radius 3 is 2.26 bits per heavy atom. The molecule has 8 heteroatoms. The molecule has 0 atom stereocenters. The van der Waals surface area contributed by atoms with E-state index in [9.17, 15) is 14.9 Å². The molecule has 1 aromatic heterocycles. The van der Waals surface area contributed by atoms with Crippen LogP contribution in [0.2, 0.25) is 0 Å². The van der Waals surface area contributed by atoms with Gasteiger partial charge in [0.1, 0.15) is 33.7 Å². The molecule has 1 heterocycles. The van der Waals surface area contributed by atoms with Gasteiger partial charge in [0.2, 0.25) is 0 Å². The van der Waals surface area contributed by atoms with Crippen molar-refractivity contribution in [1.82, 2.24) is 0 Å². The van der Waals surface area contributed by atoms with E-state index in [1.54, 1.807) is 31.4 Å². The average molecular weight is 477 g/mol. The standard InChI is InChI=1S/C26H24N2O5S/c1-5-33-21-12-8-18(9-13-21)22-16(2)34-25(23(22)26(30)32-4)28-24(29)19(15-27)14-17-6-10-20(31-3)11-7-17/h6-14H,5H2,1-4H3,(H,28,29)/b19-14+. The van der Waals surface area contributed by atoms with Crippen molar-refractivity contribution in [3.05, 3.63) is 70.1 Å². The highest BCUT2D eigenvalue weighted by Gasteiger charge is 2.26. The summed E-state index contributed by atoms with van der Waals surface area (Å²) in [6.07, 6.45) is 1.47. The Morgan fingerprint density at radius 2 is 1.71 bits per heavy atom. The number of rotatable bonds is 8. The van der Waals surface area contributed by atoms with Crippen molar-refractivity contribution in [2.24, 2.45) is 0 Å². The van der Waals surface area contributed by atoms with Gasteiger partial charge in [0, 0.05) is 10.4 Å². The van der Waals surface area contributed by atoms with Gasteiger partial charge in [0.25, 0.3) is 5.91 Å². The molecule has 3 rings (SSSR count). The number of amides is 1. The number of benzene rings is 2. The zero-order chi connectivity index (χ0) is 24.7. The molecule has 0 aliphatic rings. The lowest BCUT2D eigenvalue weighted by molar-refractivity contribution is -0.112. The lowest BCUT2D eigenvalue weighted by atomic mass is 10.0. The van der Waals surface area contributed by atoms with Gasteiger partial charge < -0.3 is 19.5 Å². The third-order valence-electron chi connectivity index (χ3n) is 4.95. The van der Waals surface area contributed by atoms with Crippen LogP contribution in [0.25, 0.3) is 17.2 Å². The Kier molecular flexibility index (Phi) is 8.06. The largest absolute Gasteiger partial charge is 0.497 e. The van der Waals surface area contributed by atoms with Gasteiger partial charge in [-0.15, -0.1) is 11.3 Å². The van der Waals surface area contributed by atoms with Crippen LogP contribution in [-0.4, -0.2) is 32.7 Å². The highest BCUT2D eigenvalue weighted by Crippen LogP contribution is 2.41. The predicted octanol–water partition coefficient (Wildman–Crippen LogP) is 5.46. The Hall–Kier alpha value is -4.09. The van der Waals surface area contributed by atoms with E-state index in [1.165, 1.54) is 24.5 Å². The molecule has 1 amide bonds. The summed E-state index contributed by atoms with van der Waals surface area (Å²) in [6, 6.07) is 16.2. The lowest BCUT2D eigenvalue weighted by Crippen LogP contribution is -2.15. The number of nitriles is 1. The monoisotopic (exact) mass is 476 g/mol. The van der Waals surface area contributed by atoms with Gasteiger partial charge in [-0.05, 0) is 55.3 Å². The number of ether oxygens (including phenoxy) is 3. The fourth-order valence-corrected chi connectivity index (χ4v) is 4.41. The highest BCUT2D eigenvalue weighted by atomic mass is 32.1. The van der Waals surface area contributed by atoms with Crippen LogP contribution in [0.1, 0.15) is 27.7 Å². The van der Waals surface area contributed by atoms with Crippen LogP contribution in [0, 0.1) is 18.3 Å². The van der Waals surface area contributed by atoms with E-state index in [0.29, 0.717) is 28.5 Å². The molecule has 1 N–H and O–H groups in total. The molecule has 3 aromatic rings. The van der Waals surface area contributed by atoms with Gasteiger partial charge in [-0.1, -0.05) is 24.3 Å². The second kappa shape index (κ2) is 11.2. The summed E-state index contributed by atoms with van der Waals surface area (Å²) in [6.45, 7) is 4.31. The molecule has 0 aliphatic heterocycles. The minimum atomic E-state index is -0.622. The van der Waals surface area contributed by atoms with E-state index in [1.807, 2.05) is 44.2 Å². The van der Waals surface area contributed by atoms with E-state index < -0.39 is 11.9 Å². The fraction of sp³-hybridized carbons (Fsp3) is 0.192. The van der Waals surface area contributed by atoms with Crippen LogP contribution in [0.4, 0.5) is 5.00 Å². The maximum absolute atomic E-state index is 12.9. The summed E-state index contributed by atoms with van der Waals surface area (Å²) in [5.74, 6) is 0.178. The van der Waals surface area contributed by atoms with Crippen molar-refractivity contribution >= 4 is 34.3 Å². The Morgan fingerprint density at radius 1 is 1.06 bits per heavy atom. The number of hydrogen-bond acceptors (Lipinski definition) is 7. The predicted molar refractivity (Wildman–Crippen MR) is 132 cm³/mol. The highest BCUT2D eigenvalue weighted by molar-refractivity contribution is 7.17. The van der Waals surface area contributed by atoms with Gasteiger partial charge >= 0.3 is 5.97 Å². The number of aryl methyl sites for hydroxylation is 1. The molecule has 0 unspecified atom stereocenters. The van der Waals surface area contributed by atoms with Gasteiger partial charge in [-0.25, -0.2) is 4.79 Å². The van der Waals surface area contributed by atoms with Gasteiger partial charge in [0.15, 0.2) is 0 Å². The van der Waals surface area contributed by atoms with Crippen LogP contribution >= 0.6 is 11.3 Å². The molecule has 2 aromatic carbocycles. The SMILES string of the molecule is CCOc1ccc(-c2c(C)sc(NC(=O)/C(C#N)=C/c3ccc(OC)cc3)c2C(=O)OC)cc1. The number of anilines is 1. The Balaban J connectivity index is 1.96. The van der Waals surface area contributed by atoms with Gasteiger partial charge in [-0.3, -0.25) is 4.79 Å². The average Bonchev–Trinajstić information content (AvgIpc) is 3.18. The molecule has 0 bridgehead atoms. The molecular weight excluding hydrogens is 452 g/mol. The molecule has 174 valence electrons. The molecule has 34 heavy (non-hydrogen) atoms. The van der Waals surface area contributed by atoms with Crippen molar-refractivity contribution < 1.29 is 23.8 Å². The molecule has 7 nitrogen and oxygen atoms in total. The first-order valence-electron chi connectivity index (χ1n) is 10.4. The molecule has 0 spiro atoms. The number of hydrogen-bond donors (Lipinski definition) is 1. The van der Waals surface area contributed by atoms with Crippen molar-refractivity contribution in [2.45, 2.75) is 13.8 Å². The number of carbonyl (C=O) groups excluding carboxylic acids is 2. The molecule has 0 saturated carbocycles. The maximum atomic E-state index is 12.9. The molecular formula is C26H24N2O5S. The lowest BCUT2D eigenvalue weighted by Gasteiger charge is -2.09. The van der Waals surface area contributed by atoms with E-state index in [-0.39, 0.29) is 11.1 Å². The first-order valence-corrected chi connectivity index (χ1v) is 11.3. The fourth-order valence-electron chi connectivity index (χ4n) is 3.35. The number of esters is 1. The Bertz CT molecular complexity index is 1250. The van der Waals surface area contributed by atoms with Gasteiger partial charge in [0.05, 0.1) is 20.8 Å². The molecule has 0 aliphatic carbocycles. The van der Waals surface area contributed by atoms with Crippen LogP contribution < -0.4 is 14.8 Å². The van der Waals surface area contributed by atoms with E-state index in [2.05, 4.69) is 5.32 Å². The summed E-state index contributed by atoms with van der Waals surface area (Å²) < 4.78 is 15.6. The maximum Gasteiger partial charge on any atom is 0.341 e. The Labute approximate surface area is 202 Å². The third kappa shape index (κ3) is 5.45. The second-order valence-corrected chi connectivity index (χ2v) is 8.31. The third-order valence-corrected chi connectivity index (χ3v) is 5.97. The number of nitrogens with one attached hydrogen (secondary N) is 1. The van der Waals surface area contributed by atoms with E-state index in [4.69, 9.17) is 14.2 Å². The summed E-state index contributed by atoms with van der Waals surface area (Å²) in [4.78, 5) is 26.4. The number of methoxy groups -OCH3 is 2. The van der Waals surface area contributed by atoms with Crippen molar-refractivity contribution in [1.29, 1.82) is 5.26 Å². The van der Waals surface area contributed by atoms with Crippen LogP contribution in [0.5, 0.6) is 11.5 Å². The van der Waals surface area contributed by atoms with Crippen LogP contribution in [-0.2, 0) is 9.53 Å². The molecule has 0 radical (unpaired) electrons. The zero-order valence-electron chi connectivity index (χ0n) is 19.3. The van der Waals surface area contributed by atoms with E-state index >= 15 is 0 Å². The van der Waals surface area contributed by atoms with Crippen LogP contribution in [0.3, 0.4) is 0 Å². The quantitative estimate of drug-likeness (QED) is 0.263. The topological polar surface area (TPSA) is 97.6 Å². The summed E-state index contributed by atoms with van der Waals surface area (Å²) in [5, 5.41) is 12.6. The summed E-state index contributed by atoms with van der Waals surface area (Å²) in [7, 11) is 2.84. The van der Waals surface area contributed by atoms with Crippen molar-refractivity contribution in [3.8, 4) is 28.7 Å². The zero-order valence-corrected chi connectivity index (χ0v) is 20.1. The van der Waals surface area contributed by atoms with Crippen LogP contribution in [0.15, 0.2) is 54.1 Å². The molecule has 0 fully saturated rings. The molecule has 0 saturated heterocycles. The minimum absolute atomic E-state index is 0.102. The number of thiophene rings is 1. The smallest absolute Gasteiger partial charge is 0.341 e. The number of carbonyl (C=O) groups is 2. The van der Waals surface area contributed by atoms with E-state index in [0.717, 1.165) is 16.2 Å². The first-order chi connectivity index (χ1) is 16.4. The summed E-state index contributed by atoms with van der Waals surface area (Å²) in [5.41, 5.74) is 2.25. The van der Waals surface area contributed by atoms with Crippen molar-refractivity contribution in [2.75, 3.05) is 26.1 Å². The summed E-state index contributed by atoms with van der Waals surface area (Å²) >= 11 is 1.24. The van der Waals surface area contributed by atoms with Crippen molar-refractivity contribution in [3.63, 3.8) is 0 Å². The first kappa shape index (κ1) is 24.6. The van der Waals surface area contributed by atoms with Gasteiger partial charge in [-0.2, -0.15) is 5.26 Å². The minimum Gasteiger partial charge on any atom is -0.497 e.